The van der Waals surface area contributed by atoms with Crippen molar-refractivity contribution < 1.29 is 14.3 Å². The molecule has 0 aliphatic carbocycles. The van der Waals surface area contributed by atoms with Crippen molar-refractivity contribution in [3.05, 3.63) is 30.3 Å². The van der Waals surface area contributed by atoms with Gasteiger partial charge in [0.15, 0.2) is 0 Å². The molecule has 92 valence electrons. The molecular weight excluding hydrogens is 220 g/mol. The number of carbonyl (C=O) groups is 2. The van der Waals surface area contributed by atoms with Gasteiger partial charge < -0.3 is 15.0 Å². The van der Waals surface area contributed by atoms with Gasteiger partial charge >= 0.3 is 6.09 Å². The number of hydrogen-bond donors (Lipinski definition) is 1. The molecule has 0 fully saturated rings. The number of nitrogens with zero attached hydrogens (tertiary/aromatic N) is 1. The highest BCUT2D eigenvalue weighted by Crippen LogP contribution is 2.12. The quantitative estimate of drug-likeness (QED) is 0.859. The van der Waals surface area contributed by atoms with Crippen LogP contribution in [0.1, 0.15) is 6.92 Å². The summed E-state index contributed by atoms with van der Waals surface area (Å²) in [5, 5.41) is 2.53. The molecule has 0 heterocycles. The summed E-state index contributed by atoms with van der Waals surface area (Å²) >= 11 is 0. The van der Waals surface area contributed by atoms with E-state index in [-0.39, 0.29) is 5.91 Å². The molecule has 0 aliphatic heterocycles. The summed E-state index contributed by atoms with van der Waals surface area (Å²) < 4.78 is 4.44. The third-order valence-corrected chi connectivity index (χ3v) is 2.24. The van der Waals surface area contributed by atoms with Gasteiger partial charge in [0.2, 0.25) is 5.91 Å². The van der Waals surface area contributed by atoms with Crippen molar-refractivity contribution >= 4 is 17.7 Å². The van der Waals surface area contributed by atoms with Gasteiger partial charge in [0.1, 0.15) is 0 Å². The van der Waals surface area contributed by atoms with E-state index in [9.17, 15) is 9.59 Å². The number of alkyl carbamates (subject to hydrolysis) is 1. The van der Waals surface area contributed by atoms with Crippen molar-refractivity contribution in [3.8, 4) is 0 Å². The van der Waals surface area contributed by atoms with Crippen LogP contribution >= 0.6 is 0 Å². The molecular formula is C12H16N2O3. The monoisotopic (exact) mass is 236 g/mol. The van der Waals surface area contributed by atoms with E-state index >= 15 is 0 Å². The van der Waals surface area contributed by atoms with Crippen LogP contribution in [0.25, 0.3) is 0 Å². The molecule has 1 aromatic rings. The van der Waals surface area contributed by atoms with Gasteiger partial charge in [-0.3, -0.25) is 4.79 Å². The van der Waals surface area contributed by atoms with Crippen LogP contribution in [0.15, 0.2) is 30.3 Å². The van der Waals surface area contributed by atoms with Gasteiger partial charge in [-0.2, -0.15) is 0 Å². The minimum absolute atomic E-state index is 0.0668. The zero-order valence-corrected chi connectivity index (χ0v) is 9.97. The summed E-state index contributed by atoms with van der Waals surface area (Å²) in [6.07, 6.45) is -0.499. The van der Waals surface area contributed by atoms with Crippen molar-refractivity contribution in [2.24, 2.45) is 0 Å². The second-order valence-electron chi connectivity index (χ2n) is 3.42. The van der Waals surface area contributed by atoms with Gasteiger partial charge in [0.05, 0.1) is 7.11 Å². The number of ether oxygens (including phenoxy) is 1. The lowest BCUT2D eigenvalue weighted by atomic mass is 10.3. The zero-order valence-electron chi connectivity index (χ0n) is 9.97. The van der Waals surface area contributed by atoms with Crippen molar-refractivity contribution in [2.75, 3.05) is 25.1 Å². The molecule has 0 unspecified atom stereocenters. The van der Waals surface area contributed by atoms with Crippen LogP contribution in [0.5, 0.6) is 0 Å². The predicted molar refractivity (Wildman–Crippen MR) is 64.9 cm³/mol. The van der Waals surface area contributed by atoms with Gasteiger partial charge in [0.25, 0.3) is 0 Å². The molecule has 1 N–H and O–H groups in total. The highest BCUT2D eigenvalue weighted by atomic mass is 16.5. The van der Waals surface area contributed by atoms with Crippen LogP contribution in [0.2, 0.25) is 0 Å². The van der Waals surface area contributed by atoms with Crippen LogP contribution < -0.4 is 10.2 Å². The Morgan fingerprint density at radius 1 is 1.29 bits per heavy atom. The maximum Gasteiger partial charge on any atom is 0.406 e. The largest absolute Gasteiger partial charge is 0.453 e. The van der Waals surface area contributed by atoms with Crippen LogP contribution in [0.3, 0.4) is 0 Å². The number of methoxy groups -OCH3 is 1. The number of benzene rings is 1. The van der Waals surface area contributed by atoms with E-state index in [0.717, 1.165) is 5.69 Å². The van der Waals surface area contributed by atoms with Crippen LogP contribution in [0, 0.1) is 0 Å². The molecule has 0 saturated heterocycles. The molecule has 1 rings (SSSR count). The summed E-state index contributed by atoms with van der Waals surface area (Å²) in [6, 6.07) is 9.30. The zero-order chi connectivity index (χ0) is 12.7. The Morgan fingerprint density at radius 3 is 2.47 bits per heavy atom. The lowest BCUT2D eigenvalue weighted by Gasteiger charge is -2.21. The number of para-hydroxylation sites is 1. The SMILES string of the molecule is COC(=O)NCCN(C(C)=O)c1ccccc1. The molecule has 0 aliphatic rings. The summed E-state index contributed by atoms with van der Waals surface area (Å²) in [7, 11) is 1.30. The first-order valence-corrected chi connectivity index (χ1v) is 5.30. The second kappa shape index (κ2) is 6.52. The number of rotatable bonds is 4. The molecule has 0 saturated carbocycles. The molecule has 0 bridgehead atoms. The standard InChI is InChI=1S/C12H16N2O3/c1-10(15)14(9-8-13-12(16)17-2)11-6-4-3-5-7-11/h3-7H,8-9H2,1-2H3,(H,13,16). The molecule has 17 heavy (non-hydrogen) atoms. The lowest BCUT2D eigenvalue weighted by Crippen LogP contribution is -2.37. The van der Waals surface area contributed by atoms with E-state index in [2.05, 4.69) is 10.1 Å². The third-order valence-electron chi connectivity index (χ3n) is 2.24. The van der Waals surface area contributed by atoms with E-state index in [1.807, 2.05) is 30.3 Å². The summed E-state index contributed by atoms with van der Waals surface area (Å²) in [6.45, 7) is 2.25. The third kappa shape index (κ3) is 4.14. The number of nitrogens with one attached hydrogen (secondary N) is 1. The first-order valence-electron chi connectivity index (χ1n) is 5.30. The molecule has 0 radical (unpaired) electrons. The Hall–Kier alpha value is -2.04. The van der Waals surface area contributed by atoms with Crippen molar-refractivity contribution in [2.45, 2.75) is 6.92 Å². The predicted octanol–water partition coefficient (Wildman–Crippen LogP) is 1.40. The molecule has 1 aromatic carbocycles. The maximum absolute atomic E-state index is 11.5. The topological polar surface area (TPSA) is 58.6 Å². The Labute approximate surface area is 100 Å². The normalized spacial score (nSPS) is 9.53. The summed E-state index contributed by atoms with van der Waals surface area (Å²) in [4.78, 5) is 23.9. The van der Waals surface area contributed by atoms with Crippen LogP contribution in [-0.4, -0.2) is 32.2 Å². The average molecular weight is 236 g/mol. The van der Waals surface area contributed by atoms with Gasteiger partial charge in [-0.05, 0) is 12.1 Å². The summed E-state index contributed by atoms with van der Waals surface area (Å²) in [5.74, 6) is -0.0668. The molecule has 5 heteroatoms. The Kier molecular flexibility index (Phi) is 5.00. The van der Waals surface area contributed by atoms with E-state index in [4.69, 9.17) is 0 Å². The Balaban J connectivity index is 2.56. The number of carbonyl (C=O) groups excluding carboxylic acids is 2. The van der Waals surface area contributed by atoms with Crippen LogP contribution in [0.4, 0.5) is 10.5 Å². The van der Waals surface area contributed by atoms with Gasteiger partial charge in [-0.15, -0.1) is 0 Å². The highest BCUT2D eigenvalue weighted by Gasteiger charge is 2.10. The fourth-order valence-electron chi connectivity index (χ4n) is 1.42. The Bertz CT molecular complexity index is 379. The van der Waals surface area contributed by atoms with Crippen molar-refractivity contribution in [1.82, 2.24) is 5.32 Å². The smallest absolute Gasteiger partial charge is 0.406 e. The minimum Gasteiger partial charge on any atom is -0.453 e. The maximum atomic E-state index is 11.5. The molecule has 0 aromatic heterocycles. The molecule has 0 spiro atoms. The van der Waals surface area contributed by atoms with E-state index in [0.29, 0.717) is 13.1 Å². The fourth-order valence-corrected chi connectivity index (χ4v) is 1.42. The molecule has 2 amide bonds. The Morgan fingerprint density at radius 2 is 1.94 bits per heavy atom. The number of hydrogen-bond acceptors (Lipinski definition) is 3. The van der Waals surface area contributed by atoms with Crippen molar-refractivity contribution in [1.29, 1.82) is 0 Å². The molecule has 0 atom stereocenters. The van der Waals surface area contributed by atoms with Crippen LogP contribution in [-0.2, 0) is 9.53 Å². The number of amides is 2. The molecule has 5 nitrogen and oxygen atoms in total. The summed E-state index contributed by atoms with van der Waals surface area (Å²) in [5.41, 5.74) is 0.812. The minimum atomic E-state index is -0.499. The first-order chi connectivity index (χ1) is 8.15. The van der Waals surface area contributed by atoms with Gasteiger partial charge in [0, 0.05) is 25.7 Å². The van der Waals surface area contributed by atoms with Gasteiger partial charge in [-0.25, -0.2) is 4.79 Å². The lowest BCUT2D eigenvalue weighted by molar-refractivity contribution is -0.116. The van der Waals surface area contributed by atoms with Gasteiger partial charge in [-0.1, -0.05) is 18.2 Å². The number of anilines is 1. The average Bonchev–Trinajstić information content (AvgIpc) is 2.34. The first kappa shape index (κ1) is 13.0. The fraction of sp³-hybridized carbons (Fsp3) is 0.333. The van der Waals surface area contributed by atoms with E-state index in [1.165, 1.54) is 14.0 Å². The van der Waals surface area contributed by atoms with E-state index < -0.39 is 6.09 Å². The second-order valence-corrected chi connectivity index (χ2v) is 3.42. The van der Waals surface area contributed by atoms with Crippen molar-refractivity contribution in [3.63, 3.8) is 0 Å². The van der Waals surface area contributed by atoms with E-state index in [1.54, 1.807) is 4.90 Å². The highest BCUT2D eigenvalue weighted by molar-refractivity contribution is 5.91.